The molecule has 0 unspecified atom stereocenters. The molecule has 0 saturated heterocycles. The van der Waals surface area contributed by atoms with E-state index in [0.29, 0.717) is 17.3 Å². The Morgan fingerprint density at radius 1 is 1.33 bits per heavy atom. The van der Waals surface area contributed by atoms with Crippen LogP contribution in [0.2, 0.25) is 0 Å². The van der Waals surface area contributed by atoms with Crippen molar-refractivity contribution >= 4 is 5.82 Å². The fourth-order valence-electron chi connectivity index (χ4n) is 1.89. The second kappa shape index (κ2) is 4.25. The zero-order chi connectivity index (χ0) is 13.4. The number of ether oxygens (including phenoxy) is 1. The molecule has 5 nitrogen and oxygen atoms in total. The molecule has 0 atom stereocenters. The van der Waals surface area contributed by atoms with E-state index in [0.717, 1.165) is 16.7 Å². The summed E-state index contributed by atoms with van der Waals surface area (Å²) < 4.78 is 6.86. The number of hydrogen-bond donors (Lipinski definition) is 2. The Kier molecular flexibility index (Phi) is 2.90. The number of methoxy groups -OCH3 is 1. The van der Waals surface area contributed by atoms with Gasteiger partial charge in [-0.25, -0.2) is 0 Å². The minimum Gasteiger partial charge on any atom is -0.504 e. The summed E-state index contributed by atoms with van der Waals surface area (Å²) in [5.41, 5.74) is 8.98. The molecule has 2 rings (SSSR count). The van der Waals surface area contributed by atoms with Crippen LogP contribution in [0.15, 0.2) is 12.1 Å². The van der Waals surface area contributed by atoms with E-state index >= 15 is 0 Å². The molecule has 0 radical (unpaired) electrons. The van der Waals surface area contributed by atoms with E-state index in [1.165, 1.54) is 7.11 Å². The Hall–Kier alpha value is -2.17. The van der Waals surface area contributed by atoms with Crippen molar-refractivity contribution < 1.29 is 9.84 Å². The first-order valence-electron chi connectivity index (χ1n) is 5.62. The van der Waals surface area contributed by atoms with E-state index in [2.05, 4.69) is 5.10 Å². The molecule has 0 fully saturated rings. The smallest absolute Gasteiger partial charge is 0.170 e. The largest absolute Gasteiger partial charge is 0.504 e. The summed E-state index contributed by atoms with van der Waals surface area (Å²) in [5.74, 6) is 1.14. The summed E-state index contributed by atoms with van der Waals surface area (Å²) in [7, 11) is 3.30. The average molecular weight is 247 g/mol. The highest BCUT2D eigenvalue weighted by Gasteiger charge is 2.17. The molecule has 0 bridgehead atoms. The predicted molar refractivity (Wildman–Crippen MR) is 70.7 cm³/mol. The number of rotatable bonds is 2. The lowest BCUT2D eigenvalue weighted by Crippen LogP contribution is -1.97. The lowest BCUT2D eigenvalue weighted by molar-refractivity contribution is 0.373. The number of aromatic nitrogens is 2. The van der Waals surface area contributed by atoms with E-state index in [9.17, 15) is 5.11 Å². The molecule has 5 heteroatoms. The van der Waals surface area contributed by atoms with Crippen LogP contribution in [-0.4, -0.2) is 22.0 Å². The molecule has 0 saturated carbocycles. The van der Waals surface area contributed by atoms with Crippen molar-refractivity contribution in [2.24, 2.45) is 7.05 Å². The molecule has 96 valence electrons. The van der Waals surface area contributed by atoms with Crippen LogP contribution in [0, 0.1) is 13.8 Å². The number of phenols is 1. The molecule has 0 amide bonds. The Bertz CT molecular complexity index is 583. The highest BCUT2D eigenvalue weighted by molar-refractivity contribution is 5.75. The van der Waals surface area contributed by atoms with Gasteiger partial charge in [-0.05, 0) is 31.0 Å². The number of hydrogen-bond acceptors (Lipinski definition) is 4. The molecule has 0 spiro atoms. The number of phenolic OH excluding ortho intramolecular Hbond substituents is 1. The summed E-state index contributed by atoms with van der Waals surface area (Å²) in [6.07, 6.45) is 0. The maximum atomic E-state index is 10.1. The van der Waals surface area contributed by atoms with E-state index in [1.807, 2.05) is 19.9 Å². The topological polar surface area (TPSA) is 73.3 Å². The Labute approximate surface area is 106 Å². The molecule has 0 aliphatic heterocycles. The molecular formula is C13H17N3O2. The number of benzene rings is 1. The molecule has 0 aliphatic rings. The van der Waals surface area contributed by atoms with Crippen LogP contribution < -0.4 is 10.5 Å². The third kappa shape index (κ3) is 1.77. The number of aryl methyl sites for hydroxylation is 2. The molecule has 2 aromatic rings. The standard InChI is InChI=1S/C13H17N3O2/c1-7-5-9(10-6-11(14)16(3)15-10)13(18-4)12(17)8(7)2/h5-6,17H,14H2,1-4H3. The molecular weight excluding hydrogens is 230 g/mol. The first-order valence-corrected chi connectivity index (χ1v) is 5.62. The normalized spacial score (nSPS) is 10.7. The van der Waals surface area contributed by atoms with Crippen molar-refractivity contribution in [3.63, 3.8) is 0 Å². The summed E-state index contributed by atoms with van der Waals surface area (Å²) in [5, 5.41) is 14.4. The molecule has 0 aliphatic carbocycles. The van der Waals surface area contributed by atoms with E-state index in [-0.39, 0.29) is 5.75 Å². The van der Waals surface area contributed by atoms with Gasteiger partial charge in [0.2, 0.25) is 0 Å². The molecule has 1 heterocycles. The van der Waals surface area contributed by atoms with Crippen LogP contribution in [0.25, 0.3) is 11.3 Å². The second-order valence-electron chi connectivity index (χ2n) is 4.33. The van der Waals surface area contributed by atoms with Crippen LogP contribution in [0.3, 0.4) is 0 Å². The average Bonchev–Trinajstić information content (AvgIpc) is 2.66. The molecule has 1 aromatic carbocycles. The van der Waals surface area contributed by atoms with Crippen molar-refractivity contribution in [1.29, 1.82) is 0 Å². The van der Waals surface area contributed by atoms with Gasteiger partial charge in [0.25, 0.3) is 0 Å². The minimum atomic E-state index is 0.150. The highest BCUT2D eigenvalue weighted by Crippen LogP contribution is 2.41. The van der Waals surface area contributed by atoms with Crippen molar-refractivity contribution in [3.8, 4) is 22.8 Å². The summed E-state index contributed by atoms with van der Waals surface area (Å²) in [6, 6.07) is 3.70. The van der Waals surface area contributed by atoms with Crippen molar-refractivity contribution in [2.45, 2.75) is 13.8 Å². The summed E-state index contributed by atoms with van der Waals surface area (Å²) in [6.45, 7) is 3.79. The lowest BCUT2D eigenvalue weighted by atomic mass is 10.0. The van der Waals surface area contributed by atoms with Crippen LogP contribution >= 0.6 is 0 Å². The van der Waals surface area contributed by atoms with Crippen molar-refractivity contribution in [2.75, 3.05) is 12.8 Å². The second-order valence-corrected chi connectivity index (χ2v) is 4.33. The highest BCUT2D eigenvalue weighted by atomic mass is 16.5. The maximum Gasteiger partial charge on any atom is 0.170 e. The van der Waals surface area contributed by atoms with Gasteiger partial charge >= 0.3 is 0 Å². The fourth-order valence-corrected chi connectivity index (χ4v) is 1.89. The van der Waals surface area contributed by atoms with Gasteiger partial charge in [-0.1, -0.05) is 0 Å². The Balaban J connectivity index is 2.70. The lowest BCUT2D eigenvalue weighted by Gasteiger charge is -2.13. The van der Waals surface area contributed by atoms with Crippen molar-refractivity contribution in [3.05, 3.63) is 23.3 Å². The number of nitrogens with zero attached hydrogens (tertiary/aromatic N) is 2. The summed E-state index contributed by atoms with van der Waals surface area (Å²) in [4.78, 5) is 0. The zero-order valence-electron chi connectivity index (χ0n) is 11.0. The number of aromatic hydroxyl groups is 1. The van der Waals surface area contributed by atoms with Crippen molar-refractivity contribution in [1.82, 2.24) is 9.78 Å². The maximum absolute atomic E-state index is 10.1. The SMILES string of the molecule is COc1c(-c2cc(N)n(C)n2)cc(C)c(C)c1O. The monoisotopic (exact) mass is 247 g/mol. The first-order chi connectivity index (χ1) is 8.45. The molecule has 18 heavy (non-hydrogen) atoms. The number of anilines is 1. The van der Waals surface area contributed by atoms with Crippen LogP contribution in [0.5, 0.6) is 11.5 Å². The summed E-state index contributed by atoms with van der Waals surface area (Å²) >= 11 is 0. The zero-order valence-corrected chi connectivity index (χ0v) is 11.0. The van der Waals surface area contributed by atoms with Gasteiger partial charge in [-0.2, -0.15) is 5.10 Å². The van der Waals surface area contributed by atoms with E-state index < -0.39 is 0 Å². The fraction of sp³-hybridized carbons (Fsp3) is 0.308. The predicted octanol–water partition coefficient (Wildman–Crippen LogP) is 2.00. The first kappa shape index (κ1) is 12.3. The minimum absolute atomic E-state index is 0.150. The van der Waals surface area contributed by atoms with Crippen LogP contribution in [0.1, 0.15) is 11.1 Å². The van der Waals surface area contributed by atoms with Gasteiger partial charge < -0.3 is 15.6 Å². The van der Waals surface area contributed by atoms with Gasteiger partial charge in [0.15, 0.2) is 11.5 Å². The van der Waals surface area contributed by atoms with Gasteiger partial charge in [0, 0.05) is 18.7 Å². The van der Waals surface area contributed by atoms with E-state index in [4.69, 9.17) is 10.5 Å². The van der Waals surface area contributed by atoms with Gasteiger partial charge in [0.05, 0.1) is 12.8 Å². The molecule has 3 N–H and O–H groups in total. The third-order valence-electron chi connectivity index (χ3n) is 3.16. The third-order valence-corrected chi connectivity index (χ3v) is 3.16. The van der Waals surface area contributed by atoms with Crippen LogP contribution in [0.4, 0.5) is 5.82 Å². The molecule has 1 aromatic heterocycles. The van der Waals surface area contributed by atoms with E-state index in [1.54, 1.807) is 17.8 Å². The van der Waals surface area contributed by atoms with Crippen LogP contribution in [-0.2, 0) is 7.05 Å². The Morgan fingerprint density at radius 2 is 2.00 bits per heavy atom. The van der Waals surface area contributed by atoms with Gasteiger partial charge in [-0.3, -0.25) is 4.68 Å². The quantitative estimate of drug-likeness (QED) is 0.851. The Morgan fingerprint density at radius 3 is 2.50 bits per heavy atom. The van der Waals surface area contributed by atoms with Gasteiger partial charge in [-0.15, -0.1) is 0 Å². The number of nitrogen functional groups attached to an aromatic ring is 1. The number of nitrogens with two attached hydrogens (primary N) is 1. The van der Waals surface area contributed by atoms with Gasteiger partial charge in [0.1, 0.15) is 5.82 Å².